The number of nitrogens with zero attached hydrogens (tertiary/aromatic N) is 1. The van der Waals surface area contributed by atoms with Crippen molar-refractivity contribution in [1.29, 1.82) is 0 Å². The number of nitrogens with one attached hydrogen (secondary N) is 2. The largest absolute Gasteiger partial charge is 0.486 e. The van der Waals surface area contributed by atoms with Crippen molar-refractivity contribution in [2.75, 3.05) is 5.32 Å². The number of aliphatic hydroxyl groups excluding tert-OH is 1. The molecule has 148 valence electrons. The number of carbonyl (C=O) groups is 1. The number of anilines is 1. The van der Waals surface area contributed by atoms with Crippen LogP contribution in [0.15, 0.2) is 66.9 Å². The van der Waals surface area contributed by atoms with Gasteiger partial charge in [-0.25, -0.2) is 4.79 Å². The molecular formula is C22H20ClN3O3. The Hall–Kier alpha value is -3.09. The second-order valence-corrected chi connectivity index (χ2v) is 7.21. The molecule has 0 spiro atoms. The van der Waals surface area contributed by atoms with Crippen LogP contribution in [0.1, 0.15) is 22.9 Å². The fraction of sp³-hybridized carbons (Fsp3) is 0.182. The molecule has 4 rings (SSSR count). The standard InChI is InChI=1S/C22H20ClN3O3/c23-18-12-15(8-9-20(18)29-13-16-6-3-4-10-24-16)25-22(28)26-21-17-7-2-1-5-14(17)11-19(21)27/h1-10,12,19,21,27H,11,13H2,(H2,25,26,28)/t19-,21+/m0/s1. The van der Waals surface area contributed by atoms with Crippen molar-refractivity contribution in [2.45, 2.75) is 25.2 Å². The maximum absolute atomic E-state index is 12.4. The van der Waals surface area contributed by atoms with Crippen LogP contribution in [0.5, 0.6) is 5.75 Å². The van der Waals surface area contributed by atoms with Gasteiger partial charge in [-0.2, -0.15) is 0 Å². The van der Waals surface area contributed by atoms with Crippen molar-refractivity contribution in [3.63, 3.8) is 0 Å². The molecule has 1 aromatic heterocycles. The molecular weight excluding hydrogens is 390 g/mol. The first-order valence-electron chi connectivity index (χ1n) is 9.26. The predicted octanol–water partition coefficient (Wildman–Crippen LogP) is 4.09. The molecule has 0 saturated heterocycles. The summed E-state index contributed by atoms with van der Waals surface area (Å²) in [5.41, 5.74) is 3.30. The van der Waals surface area contributed by atoms with Crippen LogP contribution in [0.25, 0.3) is 0 Å². The maximum Gasteiger partial charge on any atom is 0.319 e. The second kappa shape index (κ2) is 8.51. The van der Waals surface area contributed by atoms with E-state index < -0.39 is 18.2 Å². The predicted molar refractivity (Wildman–Crippen MR) is 111 cm³/mol. The highest BCUT2D eigenvalue weighted by Crippen LogP contribution is 2.32. The normalized spacial score (nSPS) is 17.4. The Kier molecular flexibility index (Phi) is 5.64. The zero-order chi connectivity index (χ0) is 20.2. The third kappa shape index (κ3) is 4.50. The topological polar surface area (TPSA) is 83.5 Å². The van der Waals surface area contributed by atoms with E-state index in [4.69, 9.17) is 16.3 Å². The van der Waals surface area contributed by atoms with Crippen LogP contribution in [0.2, 0.25) is 5.02 Å². The molecule has 3 N–H and O–H groups in total. The number of urea groups is 1. The van der Waals surface area contributed by atoms with Crippen LogP contribution in [0, 0.1) is 0 Å². The van der Waals surface area contributed by atoms with E-state index in [1.807, 2.05) is 42.5 Å². The Morgan fingerprint density at radius 2 is 2.00 bits per heavy atom. The van der Waals surface area contributed by atoms with E-state index in [2.05, 4.69) is 15.6 Å². The Morgan fingerprint density at radius 3 is 2.79 bits per heavy atom. The lowest BCUT2D eigenvalue weighted by Crippen LogP contribution is -2.36. The summed E-state index contributed by atoms with van der Waals surface area (Å²) in [4.78, 5) is 16.6. The van der Waals surface area contributed by atoms with E-state index in [0.29, 0.717) is 29.5 Å². The van der Waals surface area contributed by atoms with Crippen LogP contribution in [-0.2, 0) is 13.0 Å². The third-order valence-electron chi connectivity index (χ3n) is 4.78. The molecule has 1 heterocycles. The molecule has 2 atom stereocenters. The summed E-state index contributed by atoms with van der Waals surface area (Å²) in [6.45, 7) is 0.298. The summed E-state index contributed by atoms with van der Waals surface area (Å²) in [6.07, 6.45) is 1.57. The van der Waals surface area contributed by atoms with E-state index in [1.165, 1.54) is 0 Å². The number of fused-ring (bicyclic) bond motifs is 1. The number of carbonyl (C=O) groups excluding carboxylic acids is 1. The molecule has 29 heavy (non-hydrogen) atoms. The van der Waals surface area contributed by atoms with Gasteiger partial charge < -0.3 is 20.5 Å². The number of hydrogen-bond acceptors (Lipinski definition) is 4. The molecule has 0 radical (unpaired) electrons. The van der Waals surface area contributed by atoms with Crippen molar-refractivity contribution >= 4 is 23.3 Å². The van der Waals surface area contributed by atoms with Gasteiger partial charge in [0.1, 0.15) is 12.4 Å². The molecule has 7 heteroatoms. The van der Waals surface area contributed by atoms with E-state index in [0.717, 1.165) is 16.8 Å². The number of hydrogen-bond donors (Lipinski definition) is 3. The summed E-state index contributed by atoms with van der Waals surface area (Å²) in [6, 6.07) is 17.5. The van der Waals surface area contributed by atoms with E-state index in [-0.39, 0.29) is 0 Å². The Labute approximate surface area is 173 Å². The lowest BCUT2D eigenvalue weighted by atomic mass is 10.1. The van der Waals surface area contributed by atoms with Crippen molar-refractivity contribution in [3.05, 3.63) is 88.7 Å². The van der Waals surface area contributed by atoms with Crippen molar-refractivity contribution in [2.24, 2.45) is 0 Å². The highest BCUT2D eigenvalue weighted by atomic mass is 35.5. The van der Waals surface area contributed by atoms with Crippen LogP contribution < -0.4 is 15.4 Å². The SMILES string of the molecule is O=C(Nc1ccc(OCc2ccccn2)c(Cl)c1)N[C@@H]1c2ccccc2C[C@@H]1O. The molecule has 0 fully saturated rings. The summed E-state index contributed by atoms with van der Waals surface area (Å²) in [5.74, 6) is 0.503. The minimum atomic E-state index is -0.649. The van der Waals surface area contributed by atoms with Gasteiger partial charge in [-0.3, -0.25) is 4.98 Å². The van der Waals surface area contributed by atoms with Crippen molar-refractivity contribution in [3.8, 4) is 5.75 Å². The van der Waals surface area contributed by atoms with Gasteiger partial charge in [0, 0.05) is 18.3 Å². The van der Waals surface area contributed by atoms with E-state index in [1.54, 1.807) is 24.4 Å². The molecule has 1 aliphatic rings. The van der Waals surface area contributed by atoms with Crippen molar-refractivity contribution in [1.82, 2.24) is 10.3 Å². The van der Waals surface area contributed by atoms with Crippen molar-refractivity contribution < 1.29 is 14.6 Å². The number of aliphatic hydroxyl groups is 1. The first kappa shape index (κ1) is 19.2. The molecule has 6 nitrogen and oxygen atoms in total. The minimum absolute atomic E-state index is 0.298. The molecule has 0 unspecified atom stereocenters. The van der Waals surface area contributed by atoms with Gasteiger partial charge in [-0.05, 0) is 41.5 Å². The van der Waals surface area contributed by atoms with Gasteiger partial charge in [-0.1, -0.05) is 41.9 Å². The molecule has 3 aromatic rings. The number of pyridine rings is 1. The fourth-order valence-electron chi connectivity index (χ4n) is 3.39. The highest BCUT2D eigenvalue weighted by Gasteiger charge is 2.31. The second-order valence-electron chi connectivity index (χ2n) is 6.80. The zero-order valence-electron chi connectivity index (χ0n) is 15.5. The number of ether oxygens (including phenoxy) is 1. The molecule has 2 aromatic carbocycles. The molecule has 0 aliphatic heterocycles. The number of rotatable bonds is 5. The summed E-state index contributed by atoms with van der Waals surface area (Å²) in [7, 11) is 0. The average molecular weight is 410 g/mol. The third-order valence-corrected chi connectivity index (χ3v) is 5.08. The molecule has 1 aliphatic carbocycles. The first-order chi connectivity index (χ1) is 14.1. The van der Waals surface area contributed by atoms with Gasteiger partial charge in [-0.15, -0.1) is 0 Å². The monoisotopic (exact) mass is 409 g/mol. The van der Waals surface area contributed by atoms with E-state index in [9.17, 15) is 9.90 Å². The minimum Gasteiger partial charge on any atom is -0.486 e. The highest BCUT2D eigenvalue weighted by molar-refractivity contribution is 6.32. The number of benzene rings is 2. The lowest BCUT2D eigenvalue weighted by molar-refractivity contribution is 0.144. The zero-order valence-corrected chi connectivity index (χ0v) is 16.3. The van der Waals surface area contributed by atoms with Gasteiger partial charge in [0.25, 0.3) is 0 Å². The number of aromatic nitrogens is 1. The summed E-state index contributed by atoms with van der Waals surface area (Å²) in [5, 5.41) is 16.2. The Bertz CT molecular complexity index is 1010. The Morgan fingerprint density at radius 1 is 1.17 bits per heavy atom. The van der Waals surface area contributed by atoms with Gasteiger partial charge >= 0.3 is 6.03 Å². The summed E-state index contributed by atoms with van der Waals surface area (Å²) >= 11 is 6.28. The average Bonchev–Trinajstić information content (AvgIpc) is 3.03. The lowest BCUT2D eigenvalue weighted by Gasteiger charge is -2.18. The smallest absolute Gasteiger partial charge is 0.319 e. The summed E-state index contributed by atoms with van der Waals surface area (Å²) < 4.78 is 5.69. The molecule has 0 bridgehead atoms. The maximum atomic E-state index is 12.4. The van der Waals surface area contributed by atoms with Gasteiger partial charge in [0.2, 0.25) is 0 Å². The van der Waals surface area contributed by atoms with Gasteiger partial charge in [0.15, 0.2) is 0 Å². The van der Waals surface area contributed by atoms with Crippen LogP contribution in [0.4, 0.5) is 10.5 Å². The van der Waals surface area contributed by atoms with Gasteiger partial charge in [0.05, 0.1) is 22.9 Å². The Balaban J connectivity index is 1.37. The van der Waals surface area contributed by atoms with E-state index >= 15 is 0 Å². The first-order valence-corrected chi connectivity index (χ1v) is 9.63. The van der Waals surface area contributed by atoms with Crippen LogP contribution in [0.3, 0.4) is 0 Å². The fourth-order valence-corrected chi connectivity index (χ4v) is 3.62. The number of amides is 2. The number of halogens is 1. The molecule has 2 amide bonds. The quantitative estimate of drug-likeness (QED) is 0.592. The molecule has 0 saturated carbocycles. The van der Waals surface area contributed by atoms with Crippen LogP contribution in [-0.4, -0.2) is 22.2 Å². The van der Waals surface area contributed by atoms with Crippen LogP contribution >= 0.6 is 11.6 Å².